The molecule has 8 heteroatoms. The zero-order chi connectivity index (χ0) is 19.9. The van der Waals surface area contributed by atoms with Gasteiger partial charge in [0.2, 0.25) is 5.91 Å². The molecule has 1 aromatic rings. The van der Waals surface area contributed by atoms with Crippen molar-refractivity contribution in [1.82, 2.24) is 5.32 Å². The molecule has 2 aliphatic rings. The van der Waals surface area contributed by atoms with E-state index in [1.165, 1.54) is 25.7 Å². The number of amides is 1. The summed E-state index contributed by atoms with van der Waals surface area (Å²) in [6, 6.07) is 4.79. The number of halogens is 1. The van der Waals surface area contributed by atoms with Crippen molar-refractivity contribution in [2.24, 2.45) is 16.3 Å². The van der Waals surface area contributed by atoms with Gasteiger partial charge in [-0.1, -0.05) is 53.7 Å². The number of rotatable bonds is 8. The van der Waals surface area contributed by atoms with Gasteiger partial charge in [-0.05, 0) is 30.9 Å². The minimum Gasteiger partial charge on any atom is -0.362 e. The van der Waals surface area contributed by atoms with Crippen molar-refractivity contribution in [3.8, 4) is 0 Å². The molecule has 1 aliphatic heterocycles. The third-order valence-corrected chi connectivity index (χ3v) is 6.19. The molecule has 1 aromatic carbocycles. The Bertz CT molecular complexity index is 697. The highest BCUT2D eigenvalue weighted by atomic mass is 35.5. The average molecular weight is 407 g/mol. The average Bonchev–Trinajstić information content (AvgIpc) is 2.84. The van der Waals surface area contributed by atoms with Crippen LogP contribution in [0.3, 0.4) is 0 Å². The first kappa shape index (κ1) is 20.7. The monoisotopic (exact) mass is 406 g/mol. The van der Waals surface area contributed by atoms with Crippen molar-refractivity contribution in [1.29, 1.82) is 0 Å². The van der Waals surface area contributed by atoms with Crippen LogP contribution in [0.1, 0.15) is 56.6 Å². The molecule has 1 heterocycles. The number of hydrogen-bond acceptors (Lipinski definition) is 6. The smallest absolute Gasteiger partial charge is 0.220 e. The van der Waals surface area contributed by atoms with Crippen LogP contribution >= 0.6 is 11.6 Å². The van der Waals surface area contributed by atoms with Gasteiger partial charge in [0.05, 0.1) is 12.1 Å². The minimum absolute atomic E-state index is 0.0307. The molecule has 1 aliphatic carbocycles. The second-order valence-corrected chi connectivity index (χ2v) is 8.19. The van der Waals surface area contributed by atoms with Gasteiger partial charge in [-0.3, -0.25) is 4.79 Å². The fourth-order valence-corrected chi connectivity index (χ4v) is 4.78. The van der Waals surface area contributed by atoms with E-state index in [4.69, 9.17) is 11.6 Å². The lowest BCUT2D eigenvalue weighted by Crippen LogP contribution is -2.41. The molecule has 152 valence electrons. The highest BCUT2D eigenvalue weighted by molar-refractivity contribution is 6.32. The highest BCUT2D eigenvalue weighted by Gasteiger charge is 2.35. The van der Waals surface area contributed by atoms with Crippen LogP contribution in [0, 0.1) is 15.7 Å². The Hall–Kier alpha value is -2.02. The topological polar surface area (TPSA) is 91.2 Å². The number of nitrogens with one attached hydrogen (secondary N) is 1. The van der Waals surface area contributed by atoms with Gasteiger partial charge in [-0.15, -0.1) is 0 Å². The van der Waals surface area contributed by atoms with Crippen molar-refractivity contribution < 1.29 is 4.79 Å². The Labute approximate surface area is 170 Å². The third-order valence-electron chi connectivity index (χ3n) is 5.86. The van der Waals surface area contributed by atoms with E-state index >= 15 is 0 Å². The van der Waals surface area contributed by atoms with E-state index in [0.29, 0.717) is 23.9 Å². The Balaban J connectivity index is 1.73. The molecule has 1 unspecified atom stereocenters. The molecule has 1 amide bonds. The summed E-state index contributed by atoms with van der Waals surface area (Å²) in [5.41, 5.74) is 1.66. The largest absolute Gasteiger partial charge is 0.362 e. The molecule has 0 saturated heterocycles. The predicted octanol–water partition coefficient (Wildman–Crippen LogP) is 4.58. The lowest BCUT2D eigenvalue weighted by molar-refractivity contribution is -0.122. The maximum Gasteiger partial charge on any atom is 0.220 e. The van der Waals surface area contributed by atoms with E-state index in [1.807, 2.05) is 17.0 Å². The van der Waals surface area contributed by atoms with Crippen LogP contribution in [0.2, 0.25) is 5.02 Å². The Morgan fingerprint density at radius 2 is 1.82 bits per heavy atom. The molecule has 1 saturated carbocycles. The fourth-order valence-electron chi connectivity index (χ4n) is 4.48. The van der Waals surface area contributed by atoms with Gasteiger partial charge in [-0.25, -0.2) is 0 Å². The fraction of sp³-hybridized carbons (Fsp3) is 0.650. The number of anilines is 1. The maximum absolute atomic E-state index is 12.7. The predicted molar refractivity (Wildman–Crippen MR) is 111 cm³/mol. The SMILES string of the molecule is O=NCC(CN=O)N1CC(NC(=O)CC2CCCCCC2)c2c(Cl)cccc21. The Kier molecular flexibility index (Phi) is 7.36. The number of benzene rings is 1. The zero-order valence-corrected chi connectivity index (χ0v) is 16.7. The summed E-state index contributed by atoms with van der Waals surface area (Å²) < 4.78 is 0. The zero-order valence-electron chi connectivity index (χ0n) is 16.0. The minimum atomic E-state index is -0.434. The summed E-state index contributed by atoms with van der Waals surface area (Å²) in [6.07, 6.45) is 7.67. The first-order valence-electron chi connectivity index (χ1n) is 10.1. The first-order valence-corrected chi connectivity index (χ1v) is 10.4. The summed E-state index contributed by atoms with van der Waals surface area (Å²) >= 11 is 6.44. The molecular weight excluding hydrogens is 380 g/mol. The van der Waals surface area contributed by atoms with Crippen molar-refractivity contribution >= 4 is 23.2 Å². The van der Waals surface area contributed by atoms with Gasteiger partial charge in [0, 0.05) is 29.2 Å². The molecule has 1 atom stereocenters. The van der Waals surface area contributed by atoms with Crippen LogP contribution in [0.4, 0.5) is 5.69 Å². The molecule has 0 bridgehead atoms. The number of nitrogens with zero attached hydrogens (tertiary/aromatic N) is 3. The lowest BCUT2D eigenvalue weighted by Gasteiger charge is -2.27. The summed E-state index contributed by atoms with van der Waals surface area (Å²) in [7, 11) is 0. The van der Waals surface area contributed by atoms with Gasteiger partial charge in [-0.2, -0.15) is 9.81 Å². The van der Waals surface area contributed by atoms with E-state index in [-0.39, 0.29) is 25.0 Å². The van der Waals surface area contributed by atoms with E-state index < -0.39 is 6.04 Å². The second kappa shape index (κ2) is 9.96. The molecule has 3 rings (SSSR count). The van der Waals surface area contributed by atoms with Crippen molar-refractivity contribution in [3.05, 3.63) is 38.6 Å². The molecular formula is C20H27ClN4O3. The van der Waals surface area contributed by atoms with Crippen LogP contribution in [0.15, 0.2) is 28.6 Å². The molecule has 0 radical (unpaired) electrons. The summed E-state index contributed by atoms with van der Waals surface area (Å²) in [5.74, 6) is 0.472. The van der Waals surface area contributed by atoms with Crippen LogP contribution in [0.5, 0.6) is 0 Å². The van der Waals surface area contributed by atoms with Gasteiger partial charge in [0.15, 0.2) is 0 Å². The Morgan fingerprint density at radius 1 is 1.14 bits per heavy atom. The quantitative estimate of drug-likeness (QED) is 0.505. The van der Waals surface area contributed by atoms with Crippen molar-refractivity contribution in [3.63, 3.8) is 0 Å². The summed E-state index contributed by atoms with van der Waals surface area (Å²) in [5, 5.41) is 9.61. The van der Waals surface area contributed by atoms with Crippen LogP contribution in [-0.4, -0.2) is 31.6 Å². The Morgan fingerprint density at radius 3 is 2.46 bits per heavy atom. The van der Waals surface area contributed by atoms with Gasteiger partial charge in [0.1, 0.15) is 13.1 Å². The number of nitroso groups, excluding NO2 is 2. The summed E-state index contributed by atoms with van der Waals surface area (Å²) in [6.45, 7) is 0.367. The van der Waals surface area contributed by atoms with Crippen molar-refractivity contribution in [2.45, 2.75) is 57.0 Å². The van der Waals surface area contributed by atoms with Crippen molar-refractivity contribution in [2.75, 3.05) is 24.5 Å². The number of hydrogen-bond donors (Lipinski definition) is 1. The van der Waals surface area contributed by atoms with Crippen LogP contribution in [0.25, 0.3) is 0 Å². The standard InChI is InChI=1S/C20H27ClN4O3/c21-16-8-5-9-18-20(16)17(13-25(18)15(11-22-27)12-23-28)24-19(26)10-14-6-3-1-2-4-7-14/h5,8-9,14-15,17H,1-4,6-7,10-13H2,(H,24,26). The third kappa shape index (κ3) is 4.87. The molecule has 0 spiro atoms. The first-order chi connectivity index (χ1) is 13.6. The van der Waals surface area contributed by atoms with Gasteiger partial charge < -0.3 is 10.2 Å². The highest BCUT2D eigenvalue weighted by Crippen LogP contribution is 2.41. The summed E-state index contributed by atoms with van der Waals surface area (Å²) in [4.78, 5) is 36.3. The normalized spacial score (nSPS) is 19.9. The molecule has 1 N–H and O–H groups in total. The molecule has 7 nitrogen and oxygen atoms in total. The number of carbonyl (C=O) groups excluding carboxylic acids is 1. The second-order valence-electron chi connectivity index (χ2n) is 7.78. The molecule has 0 aromatic heterocycles. The van der Waals surface area contributed by atoms with E-state index in [9.17, 15) is 14.6 Å². The van der Waals surface area contributed by atoms with E-state index in [2.05, 4.69) is 15.7 Å². The number of carbonyl (C=O) groups is 1. The van der Waals surface area contributed by atoms with E-state index in [1.54, 1.807) is 6.07 Å². The van der Waals surface area contributed by atoms with Gasteiger partial charge in [0.25, 0.3) is 0 Å². The molecule has 28 heavy (non-hydrogen) atoms. The van der Waals surface area contributed by atoms with Gasteiger partial charge >= 0.3 is 0 Å². The van der Waals surface area contributed by atoms with E-state index in [0.717, 1.165) is 24.1 Å². The lowest BCUT2D eigenvalue weighted by atomic mass is 9.96. The molecule has 1 fully saturated rings. The van der Waals surface area contributed by atoms with Crippen LogP contribution in [-0.2, 0) is 4.79 Å². The maximum atomic E-state index is 12.7. The number of fused-ring (bicyclic) bond motifs is 1. The van der Waals surface area contributed by atoms with Crippen LogP contribution < -0.4 is 10.2 Å².